The van der Waals surface area contributed by atoms with E-state index in [9.17, 15) is 18.0 Å². The molecule has 1 heterocycles. The highest BCUT2D eigenvalue weighted by molar-refractivity contribution is 7.89. The number of benzene rings is 1. The monoisotopic (exact) mass is 414 g/mol. The molecule has 0 spiro atoms. The van der Waals surface area contributed by atoms with E-state index in [1.807, 2.05) is 6.92 Å². The first kappa shape index (κ1) is 20.1. The first-order chi connectivity index (χ1) is 12.8. The number of hydrogen-bond acceptors (Lipinski definition) is 5. The molecule has 1 aromatic carbocycles. The maximum Gasteiger partial charge on any atom is 0.338 e. The van der Waals surface area contributed by atoms with Gasteiger partial charge in [0.25, 0.3) is 5.91 Å². The van der Waals surface area contributed by atoms with Gasteiger partial charge in [0.15, 0.2) is 6.61 Å². The zero-order valence-electron chi connectivity index (χ0n) is 15.1. The van der Waals surface area contributed by atoms with Gasteiger partial charge in [-0.25, -0.2) is 13.2 Å². The number of nitrogens with zero attached hydrogens (tertiary/aromatic N) is 1. The molecule has 1 saturated carbocycles. The maximum atomic E-state index is 12.9. The number of carbonyl (C=O) groups is 2. The lowest BCUT2D eigenvalue weighted by Crippen LogP contribution is -2.39. The number of sulfonamides is 1. The van der Waals surface area contributed by atoms with Gasteiger partial charge in [-0.15, -0.1) is 0 Å². The molecule has 1 N–H and O–H groups in total. The van der Waals surface area contributed by atoms with Crippen LogP contribution in [0.25, 0.3) is 0 Å². The minimum absolute atomic E-state index is 0.0438. The Labute approximate surface area is 164 Å². The predicted octanol–water partition coefficient (Wildman–Crippen LogP) is 2.20. The molecule has 27 heavy (non-hydrogen) atoms. The van der Waals surface area contributed by atoms with E-state index in [0.29, 0.717) is 13.1 Å². The van der Waals surface area contributed by atoms with Gasteiger partial charge in [0, 0.05) is 19.1 Å². The third kappa shape index (κ3) is 5.00. The molecule has 1 atom stereocenters. The molecule has 2 aliphatic rings. The van der Waals surface area contributed by atoms with Crippen molar-refractivity contribution in [2.24, 2.45) is 5.92 Å². The molecule has 1 saturated heterocycles. The Balaban J connectivity index is 1.72. The van der Waals surface area contributed by atoms with Crippen LogP contribution >= 0.6 is 11.6 Å². The van der Waals surface area contributed by atoms with Crippen LogP contribution in [0.1, 0.15) is 43.0 Å². The normalized spacial score (nSPS) is 20.9. The number of nitrogens with one attached hydrogen (secondary N) is 1. The Kier molecular flexibility index (Phi) is 6.08. The summed E-state index contributed by atoms with van der Waals surface area (Å²) < 4.78 is 32.3. The Morgan fingerprint density at radius 3 is 2.70 bits per heavy atom. The van der Waals surface area contributed by atoms with Crippen LogP contribution in [-0.2, 0) is 19.6 Å². The topological polar surface area (TPSA) is 92.8 Å². The maximum absolute atomic E-state index is 12.9. The van der Waals surface area contributed by atoms with Crippen LogP contribution in [-0.4, -0.2) is 50.3 Å². The molecule has 1 aliphatic heterocycles. The van der Waals surface area contributed by atoms with Crippen molar-refractivity contribution >= 4 is 33.5 Å². The minimum Gasteiger partial charge on any atom is -0.452 e. The van der Waals surface area contributed by atoms with Gasteiger partial charge in [-0.2, -0.15) is 4.31 Å². The summed E-state index contributed by atoms with van der Waals surface area (Å²) in [6, 6.07) is 4.15. The number of ether oxygens (including phenoxy) is 1. The zero-order chi connectivity index (χ0) is 19.6. The molecule has 0 unspecified atom stereocenters. The summed E-state index contributed by atoms with van der Waals surface area (Å²) in [5, 5.41) is 2.76. The minimum atomic E-state index is -3.81. The molecule has 9 heteroatoms. The highest BCUT2D eigenvalue weighted by atomic mass is 35.5. The van der Waals surface area contributed by atoms with Crippen molar-refractivity contribution in [1.29, 1.82) is 0 Å². The van der Waals surface area contributed by atoms with Crippen LogP contribution in [0.2, 0.25) is 5.02 Å². The Morgan fingerprint density at radius 1 is 1.30 bits per heavy atom. The first-order valence-corrected chi connectivity index (χ1v) is 10.9. The highest BCUT2D eigenvalue weighted by Crippen LogP contribution is 2.29. The van der Waals surface area contributed by atoms with Gasteiger partial charge in [0.1, 0.15) is 4.90 Å². The lowest BCUT2D eigenvalue weighted by molar-refractivity contribution is -0.124. The third-order valence-corrected chi connectivity index (χ3v) is 7.03. The quantitative estimate of drug-likeness (QED) is 0.720. The Morgan fingerprint density at radius 2 is 2.04 bits per heavy atom. The number of esters is 1. The second-order valence-electron chi connectivity index (χ2n) is 7.17. The van der Waals surface area contributed by atoms with Crippen molar-refractivity contribution in [3.8, 4) is 0 Å². The molecular weight excluding hydrogens is 392 g/mol. The van der Waals surface area contributed by atoms with Gasteiger partial charge in [-0.1, -0.05) is 18.5 Å². The summed E-state index contributed by atoms with van der Waals surface area (Å²) in [4.78, 5) is 23.7. The lowest BCUT2D eigenvalue weighted by Gasteiger charge is -2.30. The number of rotatable bonds is 6. The van der Waals surface area contributed by atoms with Crippen molar-refractivity contribution in [1.82, 2.24) is 9.62 Å². The van der Waals surface area contributed by atoms with Crippen LogP contribution in [0.15, 0.2) is 23.1 Å². The summed E-state index contributed by atoms with van der Waals surface area (Å²) in [6.07, 6.45) is 3.64. The van der Waals surface area contributed by atoms with Gasteiger partial charge < -0.3 is 10.1 Å². The molecule has 1 aromatic rings. The molecule has 7 nitrogen and oxygen atoms in total. The summed E-state index contributed by atoms with van der Waals surface area (Å²) in [5.41, 5.74) is 0.0438. The number of piperidine rings is 1. The number of carbonyl (C=O) groups excluding carboxylic acids is 2. The second kappa shape index (κ2) is 8.16. The zero-order valence-corrected chi connectivity index (χ0v) is 16.7. The van der Waals surface area contributed by atoms with E-state index in [4.69, 9.17) is 16.3 Å². The molecule has 148 valence electrons. The molecule has 1 amide bonds. The van der Waals surface area contributed by atoms with Gasteiger partial charge in [-0.3, -0.25) is 4.79 Å². The number of amides is 1. The Hall–Kier alpha value is -1.64. The second-order valence-corrected chi connectivity index (χ2v) is 9.49. The van der Waals surface area contributed by atoms with E-state index in [2.05, 4.69) is 5.32 Å². The van der Waals surface area contributed by atoms with Gasteiger partial charge in [0.2, 0.25) is 10.0 Å². The van der Waals surface area contributed by atoms with Crippen molar-refractivity contribution in [3.63, 3.8) is 0 Å². The van der Waals surface area contributed by atoms with E-state index in [-0.39, 0.29) is 33.3 Å². The standard InChI is InChI=1S/C18H23ClN2O5S/c1-12-3-2-8-21(10-12)27(24,25)16-9-13(4-7-15(16)19)18(23)26-11-17(22)20-14-5-6-14/h4,7,9,12,14H,2-3,5-6,8,10-11H2,1H3,(H,20,22)/t12-/m1/s1. The number of halogens is 1. The van der Waals surface area contributed by atoms with Gasteiger partial charge in [0.05, 0.1) is 10.6 Å². The highest BCUT2D eigenvalue weighted by Gasteiger charge is 2.31. The molecule has 2 fully saturated rings. The van der Waals surface area contributed by atoms with Crippen LogP contribution in [0.4, 0.5) is 0 Å². The molecular formula is C18H23ClN2O5S. The van der Waals surface area contributed by atoms with Crippen molar-refractivity contribution in [3.05, 3.63) is 28.8 Å². The predicted molar refractivity (Wildman–Crippen MR) is 100 cm³/mol. The van der Waals surface area contributed by atoms with E-state index in [1.165, 1.54) is 22.5 Å². The van der Waals surface area contributed by atoms with Gasteiger partial charge >= 0.3 is 5.97 Å². The largest absolute Gasteiger partial charge is 0.452 e. The molecule has 1 aliphatic carbocycles. The van der Waals surface area contributed by atoms with Crippen molar-refractivity contribution < 1.29 is 22.7 Å². The van der Waals surface area contributed by atoms with E-state index < -0.39 is 22.6 Å². The molecule has 0 radical (unpaired) electrons. The lowest BCUT2D eigenvalue weighted by atomic mass is 10.0. The van der Waals surface area contributed by atoms with Crippen molar-refractivity contribution in [2.45, 2.75) is 43.5 Å². The first-order valence-electron chi connectivity index (χ1n) is 9.03. The number of hydrogen-bond donors (Lipinski definition) is 1. The average molecular weight is 415 g/mol. The summed E-state index contributed by atoms with van der Waals surface area (Å²) >= 11 is 6.11. The van der Waals surface area contributed by atoms with Gasteiger partial charge in [-0.05, 0) is 49.8 Å². The van der Waals surface area contributed by atoms with Crippen molar-refractivity contribution in [2.75, 3.05) is 19.7 Å². The molecule has 3 rings (SSSR count). The molecule has 0 bridgehead atoms. The SMILES string of the molecule is C[C@@H]1CCCN(S(=O)(=O)c2cc(C(=O)OCC(=O)NC3CC3)ccc2Cl)C1. The van der Waals surface area contributed by atoms with E-state index >= 15 is 0 Å². The molecule has 0 aromatic heterocycles. The van der Waals surface area contributed by atoms with Crippen LogP contribution < -0.4 is 5.32 Å². The van der Waals surface area contributed by atoms with Crippen LogP contribution in [0, 0.1) is 5.92 Å². The third-order valence-electron chi connectivity index (χ3n) is 4.68. The summed E-state index contributed by atoms with van der Waals surface area (Å²) in [5.74, 6) is -0.860. The fourth-order valence-electron chi connectivity index (χ4n) is 3.04. The summed E-state index contributed by atoms with van der Waals surface area (Å²) in [7, 11) is -3.81. The average Bonchev–Trinajstić information content (AvgIpc) is 3.44. The summed E-state index contributed by atoms with van der Waals surface area (Å²) in [6.45, 7) is 2.46. The van der Waals surface area contributed by atoms with Crippen LogP contribution in [0.3, 0.4) is 0 Å². The fourth-order valence-corrected chi connectivity index (χ4v) is 5.14. The fraction of sp³-hybridized carbons (Fsp3) is 0.556. The van der Waals surface area contributed by atoms with E-state index in [0.717, 1.165) is 25.7 Å². The Bertz CT molecular complexity index is 838. The smallest absolute Gasteiger partial charge is 0.338 e. The van der Waals surface area contributed by atoms with E-state index in [1.54, 1.807) is 0 Å². The van der Waals surface area contributed by atoms with Crippen LogP contribution in [0.5, 0.6) is 0 Å².